The summed E-state index contributed by atoms with van der Waals surface area (Å²) in [5.74, 6) is 0.555. The maximum Gasteiger partial charge on any atom is 0.271 e. The number of nitrogens with one attached hydrogen (secondary N) is 1. The fraction of sp³-hybridized carbons (Fsp3) is 0.667. The van der Waals surface area contributed by atoms with Gasteiger partial charge in [0.05, 0.1) is 0 Å². The zero-order valence-corrected chi connectivity index (χ0v) is 9.09. The van der Waals surface area contributed by atoms with Gasteiger partial charge in [-0.1, -0.05) is 0 Å². The topological polar surface area (TPSA) is 91.1 Å². The van der Waals surface area contributed by atoms with Gasteiger partial charge in [-0.05, 0) is 0 Å². The van der Waals surface area contributed by atoms with Crippen molar-refractivity contribution in [2.24, 2.45) is 5.73 Å². The maximum atomic E-state index is 11.1. The molecular formula is C9H16N6O. The van der Waals surface area contributed by atoms with Crippen molar-refractivity contribution < 1.29 is 0 Å². The lowest BCUT2D eigenvalue weighted by molar-refractivity contribution is 0.263. The summed E-state index contributed by atoms with van der Waals surface area (Å²) in [6.45, 7) is 5.17. The Labute approximate surface area is 93.3 Å². The van der Waals surface area contributed by atoms with E-state index >= 15 is 0 Å². The molecule has 1 fully saturated rings. The molecule has 0 aliphatic carbocycles. The zero-order valence-electron chi connectivity index (χ0n) is 9.09. The third-order valence-corrected chi connectivity index (χ3v) is 2.68. The van der Waals surface area contributed by atoms with Crippen LogP contribution in [0.25, 0.3) is 0 Å². The lowest BCUT2D eigenvalue weighted by Crippen LogP contribution is -2.48. The minimum atomic E-state index is -0.214. The summed E-state index contributed by atoms with van der Waals surface area (Å²) in [6, 6.07) is 0. The van der Waals surface area contributed by atoms with E-state index in [0.717, 1.165) is 32.7 Å². The van der Waals surface area contributed by atoms with Crippen LogP contribution in [0, 0.1) is 0 Å². The second kappa shape index (κ2) is 5.04. The second-order valence-electron chi connectivity index (χ2n) is 3.77. The molecule has 1 aromatic heterocycles. The highest BCUT2D eigenvalue weighted by Crippen LogP contribution is 2.07. The lowest BCUT2D eigenvalue weighted by atomic mass is 10.3. The Morgan fingerprint density at radius 3 is 2.75 bits per heavy atom. The van der Waals surface area contributed by atoms with Crippen LogP contribution in [0.15, 0.2) is 11.0 Å². The minimum absolute atomic E-state index is 0.214. The summed E-state index contributed by atoms with van der Waals surface area (Å²) in [5, 5.41) is 7.56. The van der Waals surface area contributed by atoms with Crippen molar-refractivity contribution in [3.05, 3.63) is 16.6 Å². The van der Waals surface area contributed by atoms with Crippen LogP contribution in [-0.4, -0.2) is 59.3 Å². The minimum Gasteiger partial charge on any atom is -0.338 e. The molecule has 1 saturated heterocycles. The van der Waals surface area contributed by atoms with Crippen molar-refractivity contribution in [3.8, 4) is 0 Å². The molecule has 1 aliphatic rings. The lowest BCUT2D eigenvalue weighted by Gasteiger charge is -2.34. The summed E-state index contributed by atoms with van der Waals surface area (Å²) >= 11 is 0. The molecule has 3 N–H and O–H groups in total. The molecule has 0 radical (unpaired) electrons. The molecule has 0 aromatic carbocycles. The standard InChI is InChI=1S/C9H16N6O/c10-1-2-14-3-5-15(6-4-14)9-12-8(16)7-11-13-9/h7H,1-6,10H2,(H,12,13,16). The molecule has 16 heavy (non-hydrogen) atoms. The predicted molar refractivity (Wildman–Crippen MR) is 60.4 cm³/mol. The van der Waals surface area contributed by atoms with Crippen LogP contribution >= 0.6 is 0 Å². The number of anilines is 1. The number of aromatic amines is 1. The zero-order chi connectivity index (χ0) is 11.4. The van der Waals surface area contributed by atoms with E-state index in [1.165, 1.54) is 6.20 Å². The summed E-state index contributed by atoms with van der Waals surface area (Å²) in [4.78, 5) is 18.1. The Bertz CT molecular complexity index is 384. The molecule has 0 amide bonds. The van der Waals surface area contributed by atoms with Crippen LogP contribution in [0.4, 0.5) is 5.95 Å². The van der Waals surface area contributed by atoms with Crippen LogP contribution in [0.5, 0.6) is 0 Å². The monoisotopic (exact) mass is 224 g/mol. The number of nitrogens with two attached hydrogens (primary N) is 1. The summed E-state index contributed by atoms with van der Waals surface area (Å²) in [5.41, 5.74) is 5.29. The predicted octanol–water partition coefficient (Wildman–Crippen LogP) is -1.75. The highest BCUT2D eigenvalue weighted by atomic mass is 16.1. The van der Waals surface area contributed by atoms with E-state index in [9.17, 15) is 4.79 Å². The summed E-state index contributed by atoms with van der Waals surface area (Å²) < 4.78 is 0. The van der Waals surface area contributed by atoms with E-state index in [-0.39, 0.29) is 5.56 Å². The first-order chi connectivity index (χ1) is 7.79. The van der Waals surface area contributed by atoms with Crippen LogP contribution in [0.2, 0.25) is 0 Å². The Hall–Kier alpha value is -1.47. The van der Waals surface area contributed by atoms with Crippen molar-refractivity contribution >= 4 is 5.95 Å². The van der Waals surface area contributed by atoms with E-state index < -0.39 is 0 Å². The van der Waals surface area contributed by atoms with Crippen LogP contribution in [-0.2, 0) is 0 Å². The van der Waals surface area contributed by atoms with Crippen molar-refractivity contribution in [1.82, 2.24) is 20.1 Å². The molecule has 88 valence electrons. The van der Waals surface area contributed by atoms with Gasteiger partial charge in [0.2, 0.25) is 5.95 Å². The Morgan fingerprint density at radius 1 is 1.38 bits per heavy atom. The smallest absolute Gasteiger partial charge is 0.271 e. The Morgan fingerprint density at radius 2 is 2.12 bits per heavy atom. The quantitative estimate of drug-likeness (QED) is 0.632. The van der Waals surface area contributed by atoms with E-state index in [1.807, 2.05) is 4.90 Å². The first kappa shape index (κ1) is 11.0. The molecular weight excluding hydrogens is 208 g/mol. The third kappa shape index (κ3) is 2.56. The van der Waals surface area contributed by atoms with Crippen LogP contribution < -0.4 is 16.2 Å². The van der Waals surface area contributed by atoms with Gasteiger partial charge in [0, 0.05) is 39.3 Å². The van der Waals surface area contributed by atoms with Gasteiger partial charge >= 0.3 is 0 Å². The molecule has 1 aromatic rings. The van der Waals surface area contributed by atoms with Crippen LogP contribution in [0.3, 0.4) is 0 Å². The van der Waals surface area contributed by atoms with Crippen molar-refractivity contribution in [2.75, 3.05) is 44.2 Å². The number of H-pyrrole nitrogens is 1. The van der Waals surface area contributed by atoms with Gasteiger partial charge in [-0.25, -0.2) is 0 Å². The van der Waals surface area contributed by atoms with Gasteiger partial charge in [0.15, 0.2) is 0 Å². The van der Waals surface area contributed by atoms with Crippen molar-refractivity contribution in [2.45, 2.75) is 0 Å². The molecule has 0 saturated carbocycles. The number of rotatable bonds is 3. The van der Waals surface area contributed by atoms with Gasteiger partial charge in [-0.2, -0.15) is 0 Å². The SMILES string of the molecule is NCCN1CCN(c2nncc(=O)[nH]2)CC1. The van der Waals surface area contributed by atoms with Gasteiger partial charge in [-0.3, -0.25) is 14.7 Å². The van der Waals surface area contributed by atoms with E-state index in [4.69, 9.17) is 5.73 Å². The Kier molecular flexibility index (Phi) is 3.47. The van der Waals surface area contributed by atoms with Gasteiger partial charge < -0.3 is 10.6 Å². The molecule has 0 atom stereocenters. The molecule has 2 heterocycles. The first-order valence-electron chi connectivity index (χ1n) is 5.39. The van der Waals surface area contributed by atoms with E-state index in [0.29, 0.717) is 12.5 Å². The molecule has 0 spiro atoms. The fourth-order valence-corrected chi connectivity index (χ4v) is 1.81. The second-order valence-corrected chi connectivity index (χ2v) is 3.77. The number of aromatic nitrogens is 3. The van der Waals surface area contributed by atoms with Gasteiger partial charge in [0.25, 0.3) is 5.56 Å². The number of nitrogens with zero attached hydrogens (tertiary/aromatic N) is 4. The number of piperazine rings is 1. The molecule has 1 aliphatic heterocycles. The molecule has 0 bridgehead atoms. The third-order valence-electron chi connectivity index (χ3n) is 2.68. The van der Waals surface area contributed by atoms with Gasteiger partial charge in [-0.15, -0.1) is 10.2 Å². The van der Waals surface area contributed by atoms with E-state index in [2.05, 4.69) is 20.1 Å². The van der Waals surface area contributed by atoms with Crippen molar-refractivity contribution in [3.63, 3.8) is 0 Å². The Balaban J connectivity index is 1.96. The van der Waals surface area contributed by atoms with Crippen molar-refractivity contribution in [1.29, 1.82) is 0 Å². The average Bonchev–Trinajstić information content (AvgIpc) is 2.30. The number of hydrogen-bond acceptors (Lipinski definition) is 6. The molecule has 7 nitrogen and oxygen atoms in total. The molecule has 2 rings (SSSR count). The molecule has 7 heteroatoms. The maximum absolute atomic E-state index is 11.1. The average molecular weight is 224 g/mol. The normalized spacial score (nSPS) is 17.7. The largest absolute Gasteiger partial charge is 0.338 e. The highest BCUT2D eigenvalue weighted by molar-refractivity contribution is 5.27. The summed E-state index contributed by atoms with van der Waals surface area (Å²) in [7, 11) is 0. The van der Waals surface area contributed by atoms with Gasteiger partial charge in [0.1, 0.15) is 6.20 Å². The fourth-order valence-electron chi connectivity index (χ4n) is 1.81. The van der Waals surface area contributed by atoms with E-state index in [1.54, 1.807) is 0 Å². The molecule has 0 unspecified atom stereocenters. The number of hydrogen-bond donors (Lipinski definition) is 2. The van der Waals surface area contributed by atoms with Crippen LogP contribution in [0.1, 0.15) is 0 Å². The first-order valence-corrected chi connectivity index (χ1v) is 5.39. The highest BCUT2D eigenvalue weighted by Gasteiger charge is 2.17. The summed E-state index contributed by atoms with van der Waals surface area (Å²) in [6.07, 6.45) is 1.17.